The first-order valence-electron chi connectivity index (χ1n) is 9.70. The minimum atomic E-state index is -0.772. The summed E-state index contributed by atoms with van der Waals surface area (Å²) < 4.78 is 32.5. The van der Waals surface area contributed by atoms with Crippen LogP contribution in [-0.4, -0.2) is 41.4 Å². The Labute approximate surface area is 181 Å². The molecule has 0 aliphatic carbocycles. The van der Waals surface area contributed by atoms with Crippen LogP contribution >= 0.6 is 15.9 Å². The summed E-state index contributed by atoms with van der Waals surface area (Å²) in [5.41, 5.74) is 0. The number of rotatable bonds is 7. The van der Waals surface area contributed by atoms with E-state index in [4.69, 9.17) is 4.74 Å². The molecule has 1 atom stereocenters. The smallest absolute Gasteiger partial charge is 0.230 e. The number of likely N-dealkylation sites (tertiary alicyclic amines) is 1. The molecule has 1 aromatic heterocycles. The Morgan fingerprint density at radius 1 is 1.27 bits per heavy atom. The highest BCUT2D eigenvalue weighted by molar-refractivity contribution is 9.10. The minimum Gasteiger partial charge on any atom is -0.491 e. The van der Waals surface area contributed by atoms with Crippen molar-refractivity contribution in [2.24, 2.45) is 5.92 Å². The molecule has 0 saturated carbocycles. The number of nitrogens with zero attached hydrogens (tertiary/aromatic N) is 2. The Morgan fingerprint density at radius 2 is 2.10 bits per heavy atom. The van der Waals surface area contributed by atoms with E-state index in [1.807, 2.05) is 0 Å². The summed E-state index contributed by atoms with van der Waals surface area (Å²) in [5.74, 6) is -1.54. The van der Waals surface area contributed by atoms with Gasteiger partial charge in [-0.25, -0.2) is 13.8 Å². The molecule has 2 heterocycles. The van der Waals surface area contributed by atoms with E-state index in [0.717, 1.165) is 23.0 Å². The Kier molecular flexibility index (Phi) is 7.73. The van der Waals surface area contributed by atoms with Crippen molar-refractivity contribution in [2.75, 3.05) is 25.0 Å². The lowest BCUT2D eigenvalue weighted by Gasteiger charge is -2.32. The molecule has 1 N–H and O–H groups in total. The maximum absolute atomic E-state index is 13.5. The summed E-state index contributed by atoms with van der Waals surface area (Å²) in [4.78, 5) is 30.8. The lowest BCUT2D eigenvalue weighted by molar-refractivity contribution is -0.134. The fourth-order valence-electron chi connectivity index (χ4n) is 3.25. The molecule has 2 aromatic rings. The van der Waals surface area contributed by atoms with E-state index in [2.05, 4.69) is 26.2 Å². The lowest BCUT2D eigenvalue weighted by atomic mass is 9.96. The number of carbonyl (C=O) groups is 2. The normalized spacial score (nSPS) is 16.2. The number of anilines is 1. The molecule has 1 aliphatic rings. The molecule has 0 spiro atoms. The topological polar surface area (TPSA) is 71.5 Å². The number of ether oxygens (including phenoxy) is 1. The third kappa shape index (κ3) is 6.22. The van der Waals surface area contributed by atoms with Crippen LogP contribution in [0, 0.1) is 17.6 Å². The third-order valence-corrected chi connectivity index (χ3v) is 5.28. The van der Waals surface area contributed by atoms with Crippen LogP contribution < -0.4 is 10.1 Å². The van der Waals surface area contributed by atoms with Gasteiger partial charge in [0.1, 0.15) is 11.6 Å². The van der Waals surface area contributed by atoms with Gasteiger partial charge in [0.25, 0.3) is 0 Å². The van der Waals surface area contributed by atoms with Crippen molar-refractivity contribution in [3.63, 3.8) is 0 Å². The molecule has 9 heteroatoms. The van der Waals surface area contributed by atoms with E-state index >= 15 is 0 Å². The Hall–Kier alpha value is -2.55. The SMILES string of the molecule is O=C(Nc1ccc(Br)cn1)C1CCCN(C(=O)CCCOc2ccc(F)cc2F)C1. The van der Waals surface area contributed by atoms with Crippen molar-refractivity contribution in [3.8, 4) is 5.75 Å². The van der Waals surface area contributed by atoms with Gasteiger partial charge in [-0.15, -0.1) is 0 Å². The van der Waals surface area contributed by atoms with Gasteiger partial charge in [0.2, 0.25) is 11.8 Å². The summed E-state index contributed by atoms with van der Waals surface area (Å²) in [6.45, 7) is 1.10. The molecule has 160 valence electrons. The van der Waals surface area contributed by atoms with Crippen molar-refractivity contribution in [1.82, 2.24) is 9.88 Å². The zero-order valence-corrected chi connectivity index (χ0v) is 17.8. The largest absolute Gasteiger partial charge is 0.491 e. The van der Waals surface area contributed by atoms with Crippen molar-refractivity contribution < 1.29 is 23.1 Å². The van der Waals surface area contributed by atoms with Crippen LogP contribution in [-0.2, 0) is 9.59 Å². The molecule has 0 radical (unpaired) electrons. The Morgan fingerprint density at radius 3 is 2.83 bits per heavy atom. The average molecular weight is 482 g/mol. The first-order chi connectivity index (χ1) is 14.4. The second-order valence-corrected chi connectivity index (χ2v) is 7.97. The molecule has 1 fully saturated rings. The van der Waals surface area contributed by atoms with Crippen molar-refractivity contribution in [2.45, 2.75) is 25.7 Å². The Balaban J connectivity index is 1.43. The number of nitrogens with one attached hydrogen (secondary N) is 1. The summed E-state index contributed by atoms with van der Waals surface area (Å²) in [6.07, 6.45) is 3.68. The number of carbonyl (C=O) groups excluding carboxylic acids is 2. The van der Waals surface area contributed by atoms with Crippen LogP contribution in [0.4, 0.5) is 14.6 Å². The van der Waals surface area contributed by atoms with Gasteiger partial charge in [-0.05, 0) is 59.5 Å². The van der Waals surface area contributed by atoms with E-state index in [-0.39, 0.29) is 36.5 Å². The van der Waals surface area contributed by atoms with E-state index in [0.29, 0.717) is 31.7 Å². The second kappa shape index (κ2) is 10.5. The van der Waals surface area contributed by atoms with Crippen LogP contribution in [0.5, 0.6) is 5.75 Å². The number of halogens is 3. The number of hydrogen-bond acceptors (Lipinski definition) is 4. The van der Waals surface area contributed by atoms with Gasteiger partial charge in [0, 0.05) is 36.2 Å². The predicted molar refractivity (Wildman–Crippen MR) is 111 cm³/mol. The van der Waals surface area contributed by atoms with Gasteiger partial charge in [-0.3, -0.25) is 9.59 Å². The number of amides is 2. The van der Waals surface area contributed by atoms with Crippen molar-refractivity contribution >= 4 is 33.6 Å². The molecular weight excluding hydrogens is 460 g/mol. The molecular formula is C21H22BrF2N3O3. The van der Waals surface area contributed by atoms with E-state index < -0.39 is 11.6 Å². The third-order valence-electron chi connectivity index (χ3n) is 4.81. The first kappa shape index (κ1) is 22.1. The highest BCUT2D eigenvalue weighted by Gasteiger charge is 2.28. The standard InChI is InChI=1S/C21H22BrF2N3O3/c22-15-5-8-19(25-12-15)26-21(29)14-3-1-9-27(13-14)20(28)4-2-10-30-18-7-6-16(23)11-17(18)24/h5-8,11-12,14H,1-4,9-10,13H2,(H,25,26,29). The van der Waals surface area contributed by atoms with Crippen LogP contribution in [0.2, 0.25) is 0 Å². The number of pyridine rings is 1. The number of piperidine rings is 1. The maximum atomic E-state index is 13.5. The molecule has 1 aliphatic heterocycles. The number of aromatic nitrogens is 1. The summed E-state index contributed by atoms with van der Waals surface area (Å²) in [7, 11) is 0. The summed E-state index contributed by atoms with van der Waals surface area (Å²) in [6, 6.07) is 6.59. The van der Waals surface area contributed by atoms with Gasteiger partial charge in [-0.1, -0.05) is 0 Å². The maximum Gasteiger partial charge on any atom is 0.230 e. The van der Waals surface area contributed by atoms with Crippen LogP contribution in [0.1, 0.15) is 25.7 Å². The van der Waals surface area contributed by atoms with Crippen LogP contribution in [0.25, 0.3) is 0 Å². The monoisotopic (exact) mass is 481 g/mol. The van der Waals surface area contributed by atoms with Crippen molar-refractivity contribution in [1.29, 1.82) is 0 Å². The quantitative estimate of drug-likeness (QED) is 0.602. The fourth-order valence-corrected chi connectivity index (χ4v) is 3.49. The van der Waals surface area contributed by atoms with Crippen LogP contribution in [0.15, 0.2) is 41.0 Å². The molecule has 6 nitrogen and oxygen atoms in total. The first-order valence-corrected chi connectivity index (χ1v) is 10.5. The van der Waals surface area contributed by atoms with Gasteiger partial charge in [0.05, 0.1) is 12.5 Å². The Bertz CT molecular complexity index is 896. The molecule has 2 amide bonds. The highest BCUT2D eigenvalue weighted by Crippen LogP contribution is 2.21. The van der Waals surface area contributed by atoms with Crippen LogP contribution in [0.3, 0.4) is 0 Å². The van der Waals surface area contributed by atoms with Gasteiger partial charge in [0.15, 0.2) is 11.6 Å². The summed E-state index contributed by atoms with van der Waals surface area (Å²) >= 11 is 3.30. The fraction of sp³-hybridized carbons (Fsp3) is 0.381. The van der Waals surface area contributed by atoms with Gasteiger partial charge < -0.3 is 15.0 Å². The molecule has 1 unspecified atom stereocenters. The van der Waals surface area contributed by atoms with Crippen molar-refractivity contribution in [3.05, 3.63) is 52.6 Å². The summed E-state index contributed by atoms with van der Waals surface area (Å²) in [5, 5.41) is 2.79. The zero-order chi connectivity index (χ0) is 21.5. The second-order valence-electron chi connectivity index (χ2n) is 7.06. The minimum absolute atomic E-state index is 0.0416. The molecule has 1 aromatic carbocycles. The molecule has 0 bridgehead atoms. The highest BCUT2D eigenvalue weighted by atomic mass is 79.9. The van der Waals surface area contributed by atoms with E-state index in [9.17, 15) is 18.4 Å². The number of hydrogen-bond donors (Lipinski definition) is 1. The molecule has 30 heavy (non-hydrogen) atoms. The van der Waals surface area contributed by atoms with E-state index in [1.165, 1.54) is 6.07 Å². The molecule has 3 rings (SSSR count). The van der Waals surface area contributed by atoms with Gasteiger partial charge >= 0.3 is 0 Å². The average Bonchev–Trinajstić information content (AvgIpc) is 2.74. The van der Waals surface area contributed by atoms with E-state index in [1.54, 1.807) is 23.2 Å². The lowest BCUT2D eigenvalue weighted by Crippen LogP contribution is -2.43. The molecule has 1 saturated heterocycles. The zero-order valence-electron chi connectivity index (χ0n) is 16.2. The number of benzene rings is 1. The predicted octanol–water partition coefficient (Wildman–Crippen LogP) is 4.16. The van der Waals surface area contributed by atoms with Gasteiger partial charge in [-0.2, -0.15) is 0 Å².